The van der Waals surface area contributed by atoms with Gasteiger partial charge in [0.15, 0.2) is 0 Å². The minimum Gasteiger partial charge on any atom is -0.444 e. The number of benzene rings is 2. The molecule has 0 aromatic heterocycles. The monoisotopic (exact) mass is 508 g/mol. The van der Waals surface area contributed by atoms with Gasteiger partial charge in [-0.2, -0.15) is 5.26 Å². The van der Waals surface area contributed by atoms with Gasteiger partial charge in [0.05, 0.1) is 11.6 Å². The van der Waals surface area contributed by atoms with Crippen molar-refractivity contribution in [1.82, 2.24) is 10.6 Å². The number of rotatable bonds is 7. The molecule has 2 aromatic rings. The summed E-state index contributed by atoms with van der Waals surface area (Å²) in [6.07, 6.45) is 3.06. The zero-order valence-corrected chi connectivity index (χ0v) is 21.4. The predicted molar refractivity (Wildman–Crippen MR) is 137 cm³/mol. The Labute approximate surface area is 216 Å². The molecule has 196 valence electrons. The minimum atomic E-state index is -1.12. The van der Waals surface area contributed by atoms with E-state index in [4.69, 9.17) is 10.5 Å². The van der Waals surface area contributed by atoms with Crippen molar-refractivity contribution < 1.29 is 23.5 Å². The average Bonchev–Trinajstić information content (AvgIpc) is 2.83. The van der Waals surface area contributed by atoms with Crippen molar-refractivity contribution in [3.05, 3.63) is 59.4 Å². The number of halogens is 1. The largest absolute Gasteiger partial charge is 0.444 e. The fourth-order valence-corrected chi connectivity index (χ4v) is 4.45. The summed E-state index contributed by atoms with van der Waals surface area (Å²) in [5.74, 6) is -1.93. The van der Waals surface area contributed by atoms with E-state index in [9.17, 15) is 24.0 Å². The molecular formula is C28H33FN4O4. The third kappa shape index (κ3) is 7.29. The molecule has 0 spiro atoms. The summed E-state index contributed by atoms with van der Waals surface area (Å²) in [5, 5.41) is 15.3. The molecule has 8 nitrogen and oxygen atoms in total. The number of carbonyl (C=O) groups excluding carboxylic acids is 3. The van der Waals surface area contributed by atoms with Crippen molar-refractivity contribution in [3.63, 3.8) is 0 Å². The van der Waals surface area contributed by atoms with E-state index >= 15 is 0 Å². The smallest absolute Gasteiger partial charge is 0.408 e. The first-order chi connectivity index (χ1) is 17.4. The lowest BCUT2D eigenvalue weighted by molar-refractivity contribution is -0.129. The second-order valence-corrected chi connectivity index (χ2v) is 10.4. The Balaban J connectivity index is 1.69. The van der Waals surface area contributed by atoms with E-state index in [0.717, 1.165) is 30.4 Å². The highest BCUT2D eigenvalue weighted by atomic mass is 19.1. The molecule has 9 heteroatoms. The number of hydrogen-bond acceptors (Lipinski definition) is 5. The van der Waals surface area contributed by atoms with Gasteiger partial charge in [0.25, 0.3) is 5.91 Å². The number of carbonyl (C=O) groups is 3. The van der Waals surface area contributed by atoms with Crippen molar-refractivity contribution >= 4 is 17.9 Å². The maximum absolute atomic E-state index is 14.1. The number of hydrogen-bond donors (Lipinski definition) is 3. The number of nitrogens with zero attached hydrogens (tertiary/aromatic N) is 1. The number of ether oxygens (including phenoxy) is 1. The fraction of sp³-hybridized carbons (Fsp3) is 0.429. The van der Waals surface area contributed by atoms with Crippen LogP contribution in [-0.2, 0) is 16.0 Å². The van der Waals surface area contributed by atoms with Crippen LogP contribution >= 0.6 is 0 Å². The number of nitrogens with one attached hydrogen (secondary N) is 2. The van der Waals surface area contributed by atoms with E-state index in [0.29, 0.717) is 18.4 Å². The van der Waals surface area contributed by atoms with Crippen molar-refractivity contribution in [2.24, 2.45) is 5.73 Å². The summed E-state index contributed by atoms with van der Waals surface area (Å²) < 4.78 is 19.5. The molecule has 0 heterocycles. The summed E-state index contributed by atoms with van der Waals surface area (Å²) in [7, 11) is 0. The Morgan fingerprint density at radius 3 is 2.24 bits per heavy atom. The van der Waals surface area contributed by atoms with Gasteiger partial charge in [0, 0.05) is 6.42 Å². The maximum atomic E-state index is 14.1. The number of nitrogens with two attached hydrogens (primary N) is 1. The molecule has 4 N–H and O–H groups in total. The van der Waals surface area contributed by atoms with Crippen LogP contribution in [0.2, 0.25) is 0 Å². The van der Waals surface area contributed by atoms with Crippen LogP contribution in [0.4, 0.5) is 9.18 Å². The molecule has 3 amide bonds. The van der Waals surface area contributed by atoms with Gasteiger partial charge in [0.2, 0.25) is 5.91 Å². The second kappa shape index (κ2) is 11.4. The van der Waals surface area contributed by atoms with E-state index in [-0.39, 0.29) is 12.0 Å². The predicted octanol–water partition coefficient (Wildman–Crippen LogP) is 4.37. The SMILES string of the molecule is CC(C)(C)OC(=O)NC1(C(=O)N[C@H](C#N)Cc2ccc(-c3ccc(C(N)=O)c(F)c3)cc2)CCCCC1. The Morgan fingerprint density at radius 2 is 1.70 bits per heavy atom. The van der Waals surface area contributed by atoms with E-state index in [1.807, 2.05) is 0 Å². The lowest BCUT2D eigenvalue weighted by atomic mass is 9.80. The lowest BCUT2D eigenvalue weighted by Gasteiger charge is -2.37. The van der Waals surface area contributed by atoms with Crippen LogP contribution in [0.1, 0.15) is 68.8 Å². The molecule has 1 atom stereocenters. The van der Waals surface area contributed by atoms with E-state index < -0.39 is 40.9 Å². The van der Waals surface area contributed by atoms with Gasteiger partial charge in [-0.05, 0) is 62.4 Å². The highest BCUT2D eigenvalue weighted by Crippen LogP contribution is 2.29. The standard InChI is InChI=1S/C28H33FN4O4/c1-27(2,3)37-26(36)33-28(13-5-4-6-14-28)25(35)32-21(17-30)15-18-7-9-19(10-8-18)20-11-12-22(24(31)34)23(29)16-20/h7-12,16,21H,4-6,13-15H2,1-3H3,(H2,31,34)(H,32,35)(H,33,36)/t21-/m0/s1. The third-order valence-electron chi connectivity index (χ3n) is 6.30. The van der Waals surface area contributed by atoms with Crippen LogP contribution < -0.4 is 16.4 Å². The minimum absolute atomic E-state index is 0.176. The number of alkyl carbamates (subject to hydrolysis) is 1. The second-order valence-electron chi connectivity index (χ2n) is 10.4. The Morgan fingerprint density at radius 1 is 1.08 bits per heavy atom. The summed E-state index contributed by atoms with van der Waals surface area (Å²) in [6.45, 7) is 5.26. The van der Waals surface area contributed by atoms with Crippen LogP contribution in [0.3, 0.4) is 0 Å². The zero-order chi connectivity index (χ0) is 27.2. The molecular weight excluding hydrogens is 475 g/mol. The van der Waals surface area contributed by atoms with Gasteiger partial charge in [0.1, 0.15) is 23.0 Å². The van der Waals surface area contributed by atoms with E-state index in [2.05, 4.69) is 16.7 Å². The van der Waals surface area contributed by atoms with Gasteiger partial charge >= 0.3 is 6.09 Å². The summed E-state index contributed by atoms with van der Waals surface area (Å²) >= 11 is 0. The molecule has 0 radical (unpaired) electrons. The maximum Gasteiger partial charge on any atom is 0.408 e. The highest BCUT2D eigenvalue weighted by molar-refractivity contribution is 5.93. The van der Waals surface area contributed by atoms with Crippen LogP contribution in [0, 0.1) is 17.1 Å². The molecule has 37 heavy (non-hydrogen) atoms. The molecule has 0 aliphatic heterocycles. The van der Waals surface area contributed by atoms with Gasteiger partial charge < -0.3 is 21.1 Å². The molecule has 0 bridgehead atoms. The third-order valence-corrected chi connectivity index (χ3v) is 6.30. The number of nitriles is 1. The summed E-state index contributed by atoms with van der Waals surface area (Å²) in [5.41, 5.74) is 5.25. The quantitative estimate of drug-likeness (QED) is 0.511. The Hall–Kier alpha value is -3.93. The summed E-state index contributed by atoms with van der Waals surface area (Å²) in [6, 6.07) is 12.6. The molecule has 1 saturated carbocycles. The van der Waals surface area contributed by atoms with E-state index in [1.165, 1.54) is 12.1 Å². The topological polar surface area (TPSA) is 134 Å². The average molecular weight is 509 g/mol. The number of amides is 3. The molecule has 0 unspecified atom stereocenters. The van der Waals surface area contributed by atoms with E-state index in [1.54, 1.807) is 51.1 Å². The van der Waals surface area contributed by atoms with Gasteiger partial charge in [-0.25, -0.2) is 9.18 Å². The summed E-state index contributed by atoms with van der Waals surface area (Å²) in [4.78, 5) is 37.1. The fourth-order valence-electron chi connectivity index (χ4n) is 4.45. The zero-order valence-electron chi connectivity index (χ0n) is 21.4. The molecule has 2 aromatic carbocycles. The molecule has 0 saturated heterocycles. The molecule has 3 rings (SSSR count). The van der Waals surface area contributed by atoms with Crippen molar-refractivity contribution in [1.29, 1.82) is 5.26 Å². The number of primary amides is 1. The Kier molecular flexibility index (Phi) is 8.53. The van der Waals surface area contributed by atoms with Crippen molar-refractivity contribution in [2.75, 3.05) is 0 Å². The first kappa shape index (κ1) is 27.7. The molecule has 1 aliphatic carbocycles. The molecule has 1 aliphatic rings. The lowest BCUT2D eigenvalue weighted by Crippen LogP contribution is -2.61. The van der Waals surface area contributed by atoms with Gasteiger partial charge in [-0.15, -0.1) is 0 Å². The molecule has 1 fully saturated rings. The van der Waals surface area contributed by atoms with Crippen molar-refractivity contribution in [3.8, 4) is 17.2 Å². The normalized spacial score (nSPS) is 15.6. The van der Waals surface area contributed by atoms with Crippen LogP contribution in [-0.4, -0.2) is 35.1 Å². The van der Waals surface area contributed by atoms with Gasteiger partial charge in [-0.3, -0.25) is 9.59 Å². The highest BCUT2D eigenvalue weighted by Gasteiger charge is 2.42. The van der Waals surface area contributed by atoms with Gasteiger partial charge in [-0.1, -0.05) is 49.6 Å². The van der Waals surface area contributed by atoms with Crippen LogP contribution in [0.5, 0.6) is 0 Å². The first-order valence-electron chi connectivity index (χ1n) is 12.3. The van der Waals surface area contributed by atoms with Crippen LogP contribution in [0.15, 0.2) is 42.5 Å². The first-order valence-corrected chi connectivity index (χ1v) is 12.3. The van der Waals surface area contributed by atoms with Crippen molar-refractivity contribution in [2.45, 2.75) is 76.5 Å². The van der Waals surface area contributed by atoms with Crippen LogP contribution in [0.25, 0.3) is 11.1 Å². The Bertz CT molecular complexity index is 1190.